The average molecular weight is 349 g/mol. The van der Waals surface area contributed by atoms with Gasteiger partial charge in [-0.2, -0.15) is 5.10 Å². The Labute approximate surface area is 153 Å². The number of anilines is 1. The molecule has 0 spiro atoms. The minimum absolute atomic E-state index is 0.159. The molecule has 134 valence electrons. The molecule has 1 N–H and O–H groups in total. The van der Waals surface area contributed by atoms with Crippen molar-refractivity contribution in [1.29, 1.82) is 0 Å². The molecule has 1 aromatic heterocycles. The highest BCUT2D eigenvalue weighted by Crippen LogP contribution is 2.23. The van der Waals surface area contributed by atoms with E-state index in [2.05, 4.69) is 42.5 Å². The van der Waals surface area contributed by atoms with Gasteiger partial charge in [-0.15, -0.1) is 0 Å². The van der Waals surface area contributed by atoms with Crippen molar-refractivity contribution in [3.63, 3.8) is 0 Å². The molecule has 3 aromatic rings. The van der Waals surface area contributed by atoms with Gasteiger partial charge >= 0.3 is 0 Å². The summed E-state index contributed by atoms with van der Waals surface area (Å²) < 4.78 is 7.06. The number of ether oxygens (including phenoxy) is 1. The van der Waals surface area contributed by atoms with Gasteiger partial charge in [0, 0.05) is 5.56 Å². The predicted octanol–water partition coefficient (Wildman–Crippen LogP) is 4.37. The van der Waals surface area contributed by atoms with Gasteiger partial charge < -0.3 is 10.1 Å². The molecule has 26 heavy (non-hydrogen) atoms. The molecule has 0 aliphatic carbocycles. The molecule has 0 saturated heterocycles. The van der Waals surface area contributed by atoms with E-state index in [4.69, 9.17) is 4.74 Å². The van der Waals surface area contributed by atoms with Crippen molar-refractivity contribution in [3.8, 4) is 11.4 Å². The summed E-state index contributed by atoms with van der Waals surface area (Å²) in [6, 6.07) is 11.6. The number of methoxy groups -OCH3 is 1. The Kier molecular flexibility index (Phi) is 4.80. The number of benzene rings is 2. The topological polar surface area (TPSA) is 56.1 Å². The van der Waals surface area contributed by atoms with E-state index in [0.717, 1.165) is 28.3 Å². The van der Waals surface area contributed by atoms with E-state index in [1.807, 2.05) is 24.6 Å². The minimum atomic E-state index is -0.159. The number of aromatic nitrogens is 2. The van der Waals surface area contributed by atoms with Crippen LogP contribution in [0.15, 0.2) is 42.6 Å². The van der Waals surface area contributed by atoms with Gasteiger partial charge in [0.2, 0.25) is 0 Å². The zero-order chi connectivity index (χ0) is 18.8. The summed E-state index contributed by atoms with van der Waals surface area (Å²) in [7, 11) is 1.61. The van der Waals surface area contributed by atoms with E-state index in [9.17, 15) is 4.79 Å². The van der Waals surface area contributed by atoms with E-state index in [1.54, 1.807) is 25.4 Å². The van der Waals surface area contributed by atoms with Crippen LogP contribution in [0.4, 0.5) is 5.69 Å². The number of amides is 1. The van der Waals surface area contributed by atoms with Crippen LogP contribution in [0.5, 0.6) is 5.75 Å². The molecular weight excluding hydrogens is 326 g/mol. The van der Waals surface area contributed by atoms with Crippen LogP contribution < -0.4 is 10.1 Å². The monoisotopic (exact) mass is 349 g/mol. The number of carbonyl (C=O) groups is 1. The Bertz CT molecular complexity index is 973. The highest BCUT2D eigenvalue weighted by atomic mass is 16.5. The maximum Gasteiger partial charge on any atom is 0.256 e. The lowest BCUT2D eigenvalue weighted by molar-refractivity contribution is 0.102. The molecule has 0 aliphatic heterocycles. The summed E-state index contributed by atoms with van der Waals surface area (Å²) >= 11 is 0. The third kappa shape index (κ3) is 3.33. The van der Waals surface area contributed by atoms with E-state index in [1.165, 1.54) is 5.56 Å². The van der Waals surface area contributed by atoms with Crippen LogP contribution in [0, 0.1) is 27.7 Å². The average Bonchev–Trinajstić information content (AvgIpc) is 2.97. The predicted molar refractivity (Wildman–Crippen MR) is 103 cm³/mol. The second-order valence-corrected chi connectivity index (χ2v) is 6.48. The van der Waals surface area contributed by atoms with Crippen LogP contribution in [-0.2, 0) is 0 Å². The summed E-state index contributed by atoms with van der Waals surface area (Å²) in [6.45, 7) is 7.95. The van der Waals surface area contributed by atoms with E-state index < -0.39 is 0 Å². The lowest BCUT2D eigenvalue weighted by Crippen LogP contribution is -2.14. The molecule has 5 heteroatoms. The Morgan fingerprint density at radius 3 is 2.50 bits per heavy atom. The highest BCUT2D eigenvalue weighted by molar-refractivity contribution is 6.05. The van der Waals surface area contributed by atoms with Gasteiger partial charge in [-0.1, -0.05) is 12.1 Å². The van der Waals surface area contributed by atoms with E-state index >= 15 is 0 Å². The summed E-state index contributed by atoms with van der Waals surface area (Å²) in [4.78, 5) is 12.7. The largest absolute Gasteiger partial charge is 0.497 e. The Hall–Kier alpha value is -3.08. The maximum absolute atomic E-state index is 12.7. The van der Waals surface area contributed by atoms with Crippen LogP contribution in [0.25, 0.3) is 5.69 Å². The van der Waals surface area contributed by atoms with Crippen molar-refractivity contribution in [3.05, 3.63) is 70.5 Å². The SMILES string of the molecule is COc1ccc(C(=O)Nc2cnn(-c3cc(C)ccc3C)c2C)c(C)c1. The number of rotatable bonds is 4. The van der Waals surface area contributed by atoms with E-state index in [0.29, 0.717) is 11.3 Å². The molecule has 0 bridgehead atoms. The fraction of sp³-hybridized carbons (Fsp3) is 0.238. The van der Waals surface area contributed by atoms with Gasteiger partial charge in [-0.25, -0.2) is 4.68 Å². The quantitative estimate of drug-likeness (QED) is 0.761. The number of nitrogens with one attached hydrogen (secondary N) is 1. The van der Waals surface area contributed by atoms with Crippen molar-refractivity contribution >= 4 is 11.6 Å². The van der Waals surface area contributed by atoms with Crippen LogP contribution >= 0.6 is 0 Å². The summed E-state index contributed by atoms with van der Waals surface area (Å²) in [5.41, 5.74) is 6.38. The van der Waals surface area contributed by atoms with Crippen LogP contribution in [0.2, 0.25) is 0 Å². The first-order chi connectivity index (χ1) is 12.4. The minimum Gasteiger partial charge on any atom is -0.497 e. The Morgan fingerprint density at radius 2 is 1.81 bits per heavy atom. The second kappa shape index (κ2) is 7.04. The standard InChI is InChI=1S/C21H23N3O2/c1-13-6-7-14(2)20(10-13)24-16(4)19(12-22-24)23-21(25)18-9-8-17(26-5)11-15(18)3/h6-12H,1-5H3,(H,23,25). The fourth-order valence-electron chi connectivity index (χ4n) is 2.93. The van der Waals surface area contributed by atoms with Crippen LogP contribution in [0.1, 0.15) is 32.7 Å². The molecular formula is C21H23N3O2. The molecule has 0 atom stereocenters. The molecule has 0 saturated carbocycles. The Morgan fingerprint density at radius 1 is 1.04 bits per heavy atom. The first-order valence-electron chi connectivity index (χ1n) is 8.49. The molecule has 1 amide bonds. The van der Waals surface area contributed by atoms with Crippen molar-refractivity contribution in [2.75, 3.05) is 12.4 Å². The third-order valence-electron chi connectivity index (χ3n) is 4.53. The smallest absolute Gasteiger partial charge is 0.256 e. The van der Waals surface area contributed by atoms with Crippen LogP contribution in [-0.4, -0.2) is 22.8 Å². The lowest BCUT2D eigenvalue weighted by Gasteiger charge is -2.11. The van der Waals surface area contributed by atoms with Gasteiger partial charge in [0.25, 0.3) is 5.91 Å². The summed E-state index contributed by atoms with van der Waals surface area (Å²) in [5.74, 6) is 0.576. The van der Waals surface area contributed by atoms with Gasteiger partial charge in [-0.3, -0.25) is 4.79 Å². The van der Waals surface area contributed by atoms with Gasteiger partial charge in [0.05, 0.1) is 30.4 Å². The number of carbonyl (C=O) groups excluding carboxylic acids is 1. The number of hydrogen-bond acceptors (Lipinski definition) is 3. The fourth-order valence-corrected chi connectivity index (χ4v) is 2.93. The number of aryl methyl sites for hydroxylation is 3. The molecule has 1 heterocycles. The van der Waals surface area contributed by atoms with Gasteiger partial charge in [0.15, 0.2) is 0 Å². The van der Waals surface area contributed by atoms with Crippen molar-refractivity contribution < 1.29 is 9.53 Å². The van der Waals surface area contributed by atoms with Gasteiger partial charge in [-0.05, 0) is 68.7 Å². The highest BCUT2D eigenvalue weighted by Gasteiger charge is 2.15. The molecule has 0 radical (unpaired) electrons. The number of hydrogen-bond donors (Lipinski definition) is 1. The van der Waals surface area contributed by atoms with E-state index in [-0.39, 0.29) is 5.91 Å². The van der Waals surface area contributed by atoms with Crippen molar-refractivity contribution in [2.24, 2.45) is 0 Å². The second-order valence-electron chi connectivity index (χ2n) is 6.48. The first kappa shape index (κ1) is 17.7. The number of nitrogens with zero attached hydrogens (tertiary/aromatic N) is 2. The van der Waals surface area contributed by atoms with Crippen molar-refractivity contribution in [2.45, 2.75) is 27.7 Å². The molecule has 0 unspecified atom stereocenters. The zero-order valence-corrected chi connectivity index (χ0v) is 15.8. The molecule has 2 aromatic carbocycles. The van der Waals surface area contributed by atoms with Gasteiger partial charge in [0.1, 0.15) is 5.75 Å². The molecule has 0 fully saturated rings. The summed E-state index contributed by atoms with van der Waals surface area (Å²) in [6.07, 6.45) is 1.69. The lowest BCUT2D eigenvalue weighted by atomic mass is 10.1. The summed E-state index contributed by atoms with van der Waals surface area (Å²) in [5, 5.41) is 7.43. The Balaban J connectivity index is 1.89. The third-order valence-corrected chi connectivity index (χ3v) is 4.53. The normalized spacial score (nSPS) is 10.7. The molecule has 5 nitrogen and oxygen atoms in total. The van der Waals surface area contributed by atoms with Crippen LogP contribution in [0.3, 0.4) is 0 Å². The maximum atomic E-state index is 12.7. The van der Waals surface area contributed by atoms with Crippen molar-refractivity contribution in [1.82, 2.24) is 9.78 Å². The zero-order valence-electron chi connectivity index (χ0n) is 15.8. The molecule has 0 aliphatic rings. The molecule has 3 rings (SSSR count). The first-order valence-corrected chi connectivity index (χ1v) is 8.49.